The lowest BCUT2D eigenvalue weighted by Crippen LogP contribution is -2.61. The van der Waals surface area contributed by atoms with Gasteiger partial charge in [0.05, 0.1) is 65.0 Å². The first-order valence-electron chi connectivity index (χ1n) is 42.8. The number of amides is 3. The van der Waals surface area contributed by atoms with Crippen LogP contribution < -0.4 is 21.7 Å². The molecule has 0 radical (unpaired) electrons. The standard InChI is InChI=1S/C101H130N4O12/c102-101(97(108)105-100(63-34-74-115-83-92-49-22-7-23-50-92,64-35-75-116-84-93-51-24-8-25-52-93)65-36-76-117-85-94-53-26-9-27-54-94,66-55-95(106)103-98(57-28-68-109-77-86-37-10-1-11-38-86,58-29-69-110-78-87-39-12-2-13-40-87)59-30-70-111-79-88-41-14-3-15-42-88)67-56-96(107)104-99(60-31-71-112-80-89-43-16-4-17-44-89,61-32-72-113-81-90-45-18-5-19-46-90)62-33-73-114-82-91-47-20-6-21-48-91/h1-27,37-54H,28-36,55-85,102H2,(H,103,106)(H,104,107)(H,105,108). The van der Waals surface area contributed by atoms with Gasteiger partial charge in [-0.1, -0.05) is 273 Å². The molecule has 0 fully saturated rings. The van der Waals surface area contributed by atoms with Crippen LogP contribution in [0.1, 0.15) is 191 Å². The number of hydrogen-bond donors (Lipinski definition) is 4. The topological polar surface area (TPSA) is 196 Å². The number of benzene rings is 9. The highest BCUT2D eigenvalue weighted by Crippen LogP contribution is 2.33. The molecule has 9 aromatic carbocycles. The molecule has 5 N–H and O–H groups in total. The molecule has 9 aromatic rings. The number of carbonyl (C=O) groups is 3. The number of carbonyl (C=O) groups excluding carboxylic acids is 3. The fourth-order valence-corrected chi connectivity index (χ4v) is 15.3. The molecule has 0 aliphatic rings. The summed E-state index contributed by atoms with van der Waals surface area (Å²) in [6.45, 7) is 8.28. The van der Waals surface area contributed by atoms with E-state index in [-0.39, 0.29) is 37.5 Å². The van der Waals surface area contributed by atoms with Crippen molar-refractivity contribution >= 4 is 17.7 Å². The summed E-state index contributed by atoms with van der Waals surface area (Å²) in [6.07, 6.45) is 10.8. The van der Waals surface area contributed by atoms with Crippen molar-refractivity contribution in [1.82, 2.24) is 16.0 Å². The Labute approximate surface area is 698 Å². The Morgan fingerprint density at radius 3 is 0.513 bits per heavy atom. The van der Waals surface area contributed by atoms with Gasteiger partial charge >= 0.3 is 0 Å². The van der Waals surface area contributed by atoms with Crippen molar-refractivity contribution < 1.29 is 57.0 Å². The number of nitrogens with one attached hydrogen (secondary N) is 3. The minimum absolute atomic E-state index is 0.0629. The third-order valence-corrected chi connectivity index (χ3v) is 21.7. The minimum Gasteiger partial charge on any atom is -0.377 e. The Kier molecular flexibility index (Phi) is 43.1. The second kappa shape index (κ2) is 54.9. The first-order valence-corrected chi connectivity index (χ1v) is 42.8. The average Bonchev–Trinajstić information content (AvgIpc) is 0.807. The van der Waals surface area contributed by atoms with E-state index in [2.05, 4.69) is 125 Å². The van der Waals surface area contributed by atoms with E-state index in [9.17, 15) is 0 Å². The Balaban J connectivity index is 1.02. The van der Waals surface area contributed by atoms with E-state index in [4.69, 9.17) is 48.4 Å². The molecule has 0 aromatic heterocycles. The van der Waals surface area contributed by atoms with Crippen molar-refractivity contribution in [2.45, 2.75) is 223 Å². The molecule has 0 spiro atoms. The Morgan fingerprint density at radius 2 is 0.359 bits per heavy atom. The van der Waals surface area contributed by atoms with Gasteiger partial charge in [0.1, 0.15) is 0 Å². The van der Waals surface area contributed by atoms with Crippen molar-refractivity contribution in [3.8, 4) is 0 Å². The highest BCUT2D eigenvalue weighted by atomic mass is 16.5. The monoisotopic (exact) mass is 1590 g/mol. The Bertz CT molecular complexity index is 3490. The summed E-state index contributed by atoms with van der Waals surface area (Å²) in [7, 11) is 0. The normalized spacial score (nSPS) is 11.9. The maximum atomic E-state index is 16.5. The summed E-state index contributed by atoms with van der Waals surface area (Å²) in [4.78, 5) is 47.7. The molecule has 16 nitrogen and oxygen atoms in total. The van der Waals surface area contributed by atoms with Crippen LogP contribution in [0.15, 0.2) is 273 Å². The van der Waals surface area contributed by atoms with Gasteiger partial charge in [-0.05, 0) is 178 Å². The molecular weight excluding hydrogens is 1460 g/mol. The molecule has 9 rings (SSSR count). The number of ether oxygens (including phenoxy) is 9. The summed E-state index contributed by atoms with van der Waals surface area (Å²) >= 11 is 0. The van der Waals surface area contributed by atoms with Crippen LogP contribution in [0.4, 0.5) is 0 Å². The summed E-state index contributed by atoms with van der Waals surface area (Å²) < 4.78 is 57.2. The van der Waals surface area contributed by atoms with Crippen molar-refractivity contribution in [3.63, 3.8) is 0 Å². The van der Waals surface area contributed by atoms with Gasteiger partial charge in [-0.2, -0.15) is 0 Å². The van der Waals surface area contributed by atoms with Gasteiger partial charge in [0, 0.05) is 88.9 Å². The molecule has 0 aliphatic carbocycles. The fourth-order valence-electron chi connectivity index (χ4n) is 15.3. The molecule has 0 saturated carbocycles. The Morgan fingerprint density at radius 1 is 0.214 bits per heavy atom. The second-order valence-corrected chi connectivity index (χ2v) is 31.3. The summed E-state index contributed by atoms with van der Waals surface area (Å²) in [5.74, 6) is -0.911. The summed E-state index contributed by atoms with van der Waals surface area (Å²) in [5, 5.41) is 10.9. The summed E-state index contributed by atoms with van der Waals surface area (Å²) in [6, 6.07) is 91.4. The van der Waals surface area contributed by atoms with Gasteiger partial charge in [0.2, 0.25) is 17.7 Å². The molecule has 0 heterocycles. The smallest absolute Gasteiger partial charge is 0.240 e. The molecule has 0 bridgehead atoms. The van der Waals surface area contributed by atoms with Crippen LogP contribution in [0.3, 0.4) is 0 Å². The molecular formula is C101H130N4O12. The van der Waals surface area contributed by atoms with E-state index in [1.165, 1.54) is 0 Å². The zero-order chi connectivity index (χ0) is 81.5. The lowest BCUT2D eigenvalue weighted by Gasteiger charge is -2.40. The van der Waals surface area contributed by atoms with Crippen LogP contribution in [-0.4, -0.2) is 99.3 Å². The third kappa shape index (κ3) is 37.6. The molecule has 16 heteroatoms. The van der Waals surface area contributed by atoms with Gasteiger partial charge in [-0.15, -0.1) is 0 Å². The predicted molar refractivity (Wildman–Crippen MR) is 466 cm³/mol. The zero-order valence-corrected chi connectivity index (χ0v) is 69.2. The second-order valence-electron chi connectivity index (χ2n) is 31.3. The molecule has 0 atom stereocenters. The summed E-state index contributed by atoms with van der Waals surface area (Å²) in [5.41, 5.74) is 13.6. The van der Waals surface area contributed by atoms with Crippen molar-refractivity contribution in [2.24, 2.45) is 5.73 Å². The SMILES string of the molecule is NC(CCC(=O)NC(CCCOCc1ccccc1)(CCCOCc1ccccc1)CCCOCc1ccccc1)(CCC(=O)NC(CCCOCc1ccccc1)(CCCOCc1ccccc1)CCCOCc1ccccc1)C(=O)NC(CCCOCc1ccccc1)(CCCOCc1ccccc1)CCCOCc1ccccc1. The quantitative estimate of drug-likeness (QED) is 0.0263. The fraction of sp³-hybridized carbons (Fsp3) is 0.436. The molecule has 3 amide bonds. The zero-order valence-electron chi connectivity index (χ0n) is 69.2. The molecule has 0 saturated heterocycles. The lowest BCUT2D eigenvalue weighted by atomic mass is 9.80. The number of rotatable bonds is 64. The molecule has 117 heavy (non-hydrogen) atoms. The minimum atomic E-state index is -1.74. The van der Waals surface area contributed by atoms with Crippen LogP contribution in [0.2, 0.25) is 0 Å². The first kappa shape index (κ1) is 91.9. The van der Waals surface area contributed by atoms with Gasteiger partial charge in [-0.3, -0.25) is 14.4 Å². The van der Waals surface area contributed by atoms with Crippen LogP contribution in [0, 0.1) is 0 Å². The maximum absolute atomic E-state index is 16.5. The maximum Gasteiger partial charge on any atom is 0.240 e. The first-order chi connectivity index (χ1) is 57.5. The van der Waals surface area contributed by atoms with E-state index >= 15 is 14.4 Å². The number of nitrogens with two attached hydrogens (primary N) is 1. The molecule has 0 unspecified atom stereocenters. The van der Waals surface area contributed by atoms with Crippen LogP contribution >= 0.6 is 0 Å². The van der Waals surface area contributed by atoms with E-state index in [0.29, 0.717) is 234 Å². The third-order valence-electron chi connectivity index (χ3n) is 21.7. The van der Waals surface area contributed by atoms with E-state index in [1.807, 2.05) is 164 Å². The van der Waals surface area contributed by atoms with Gasteiger partial charge in [-0.25, -0.2) is 0 Å². The van der Waals surface area contributed by atoms with Gasteiger partial charge < -0.3 is 64.3 Å². The van der Waals surface area contributed by atoms with Gasteiger partial charge in [0.25, 0.3) is 0 Å². The molecule has 626 valence electrons. The highest BCUT2D eigenvalue weighted by Gasteiger charge is 2.42. The van der Waals surface area contributed by atoms with E-state index in [0.717, 1.165) is 50.1 Å². The molecule has 0 aliphatic heterocycles. The van der Waals surface area contributed by atoms with E-state index in [1.54, 1.807) is 0 Å². The van der Waals surface area contributed by atoms with Crippen molar-refractivity contribution in [2.75, 3.05) is 59.5 Å². The predicted octanol–water partition coefficient (Wildman–Crippen LogP) is 19.8. The van der Waals surface area contributed by atoms with Crippen molar-refractivity contribution in [1.29, 1.82) is 0 Å². The van der Waals surface area contributed by atoms with Crippen LogP contribution in [-0.2, 0) is 116 Å². The van der Waals surface area contributed by atoms with Crippen LogP contribution in [0.25, 0.3) is 0 Å². The van der Waals surface area contributed by atoms with Crippen LogP contribution in [0.5, 0.6) is 0 Å². The average molecular weight is 1590 g/mol. The van der Waals surface area contributed by atoms with E-state index < -0.39 is 28.1 Å². The Hall–Kier alpha value is -9.01. The highest BCUT2D eigenvalue weighted by molar-refractivity contribution is 5.89. The lowest BCUT2D eigenvalue weighted by molar-refractivity contribution is -0.131. The van der Waals surface area contributed by atoms with Crippen molar-refractivity contribution in [3.05, 3.63) is 323 Å². The largest absolute Gasteiger partial charge is 0.377 e. The van der Waals surface area contributed by atoms with Gasteiger partial charge in [0.15, 0.2) is 0 Å². The number of hydrogen-bond acceptors (Lipinski definition) is 13.